The molecule has 3 heterocycles. The fourth-order valence-electron chi connectivity index (χ4n) is 4.48. The molecule has 0 aliphatic carbocycles. The van der Waals surface area contributed by atoms with Crippen LogP contribution in [0.1, 0.15) is 43.0 Å². The van der Waals surface area contributed by atoms with Gasteiger partial charge in [0.15, 0.2) is 5.78 Å². The second-order valence-electron chi connectivity index (χ2n) is 7.88. The third-order valence-electron chi connectivity index (χ3n) is 5.89. The molecule has 2 aromatic rings. The van der Waals surface area contributed by atoms with Crippen LogP contribution in [0.25, 0.3) is 10.9 Å². The lowest BCUT2D eigenvalue weighted by Gasteiger charge is -2.28. The predicted molar refractivity (Wildman–Crippen MR) is 109 cm³/mol. The molecule has 1 aromatic carbocycles. The Morgan fingerprint density at radius 3 is 2.75 bits per heavy atom. The third kappa shape index (κ3) is 3.84. The Labute approximate surface area is 165 Å². The summed E-state index contributed by atoms with van der Waals surface area (Å²) in [5.74, 6) is 0.103. The molecule has 1 amide bonds. The Morgan fingerprint density at radius 2 is 1.96 bits per heavy atom. The lowest BCUT2D eigenvalue weighted by Crippen LogP contribution is -2.50. The Balaban J connectivity index is 1.48. The van der Waals surface area contributed by atoms with Gasteiger partial charge in [0.1, 0.15) is 6.54 Å². The van der Waals surface area contributed by atoms with E-state index in [9.17, 15) is 9.59 Å². The minimum atomic E-state index is -0.0325. The maximum atomic E-state index is 12.8. The van der Waals surface area contributed by atoms with Gasteiger partial charge in [-0.3, -0.25) is 14.5 Å². The number of carbonyl (C=O) groups excluding carboxylic acids is 2. The van der Waals surface area contributed by atoms with Crippen molar-refractivity contribution < 1.29 is 14.3 Å². The van der Waals surface area contributed by atoms with Gasteiger partial charge in [-0.05, 0) is 38.4 Å². The van der Waals surface area contributed by atoms with Crippen molar-refractivity contribution in [3.05, 3.63) is 36.0 Å². The van der Waals surface area contributed by atoms with Crippen LogP contribution in [0.5, 0.6) is 0 Å². The van der Waals surface area contributed by atoms with E-state index in [2.05, 4.69) is 10.2 Å². The van der Waals surface area contributed by atoms with Crippen molar-refractivity contribution in [1.29, 1.82) is 0 Å². The molecule has 2 aliphatic heterocycles. The molecule has 2 aliphatic rings. The number of aromatic nitrogens is 1. The van der Waals surface area contributed by atoms with E-state index in [-0.39, 0.29) is 30.3 Å². The monoisotopic (exact) mass is 383 g/mol. The number of nitrogens with one attached hydrogen (secondary N) is 1. The fourth-order valence-corrected chi connectivity index (χ4v) is 4.48. The summed E-state index contributed by atoms with van der Waals surface area (Å²) in [6, 6.07) is 8.12. The molecule has 1 N–H and O–H groups in total. The lowest BCUT2D eigenvalue weighted by atomic mass is 10.1. The summed E-state index contributed by atoms with van der Waals surface area (Å²) in [5.41, 5.74) is 1.64. The molecule has 1 aromatic heterocycles. The summed E-state index contributed by atoms with van der Waals surface area (Å²) in [6.45, 7) is 5.65. The Bertz CT molecular complexity index is 854. The molecule has 0 spiro atoms. The molecular formula is C22H29N3O3. The highest BCUT2D eigenvalue weighted by atomic mass is 16.5. The van der Waals surface area contributed by atoms with Crippen LogP contribution in [0, 0.1) is 0 Å². The molecule has 150 valence electrons. The first kappa shape index (κ1) is 19.2. The van der Waals surface area contributed by atoms with Gasteiger partial charge in [0.2, 0.25) is 5.91 Å². The fraction of sp³-hybridized carbons (Fsp3) is 0.545. The summed E-state index contributed by atoms with van der Waals surface area (Å²) in [4.78, 5) is 27.7. The van der Waals surface area contributed by atoms with Crippen molar-refractivity contribution in [2.75, 3.05) is 26.3 Å². The van der Waals surface area contributed by atoms with E-state index in [4.69, 9.17) is 4.74 Å². The number of rotatable bonds is 7. The van der Waals surface area contributed by atoms with E-state index in [1.807, 2.05) is 42.0 Å². The van der Waals surface area contributed by atoms with Crippen LogP contribution in [0.3, 0.4) is 0 Å². The SMILES string of the molecule is CCCC(=O)c1cn(CC(=O)N[C@H]2COC[C@@H]2N2CCCC2)c2ccccc12. The second-order valence-corrected chi connectivity index (χ2v) is 7.88. The number of benzene rings is 1. The number of hydrogen-bond acceptors (Lipinski definition) is 4. The van der Waals surface area contributed by atoms with Gasteiger partial charge < -0.3 is 14.6 Å². The van der Waals surface area contributed by atoms with E-state index < -0.39 is 0 Å². The van der Waals surface area contributed by atoms with E-state index in [0.717, 1.165) is 30.4 Å². The Morgan fingerprint density at radius 1 is 1.18 bits per heavy atom. The number of ketones is 1. The smallest absolute Gasteiger partial charge is 0.240 e. The molecule has 0 radical (unpaired) electrons. The minimum absolute atomic E-state index is 0.0325. The molecule has 0 bridgehead atoms. The molecule has 28 heavy (non-hydrogen) atoms. The number of hydrogen-bond donors (Lipinski definition) is 1. The number of fused-ring (bicyclic) bond motifs is 1. The highest BCUT2D eigenvalue weighted by molar-refractivity contribution is 6.08. The lowest BCUT2D eigenvalue weighted by molar-refractivity contribution is -0.122. The first-order chi connectivity index (χ1) is 13.7. The first-order valence-electron chi connectivity index (χ1n) is 10.4. The first-order valence-corrected chi connectivity index (χ1v) is 10.4. The van der Waals surface area contributed by atoms with Gasteiger partial charge >= 0.3 is 0 Å². The van der Waals surface area contributed by atoms with Crippen molar-refractivity contribution in [1.82, 2.24) is 14.8 Å². The highest BCUT2D eigenvalue weighted by Gasteiger charge is 2.35. The Hall–Kier alpha value is -2.18. The molecule has 6 nitrogen and oxygen atoms in total. The van der Waals surface area contributed by atoms with Crippen LogP contribution in [-0.2, 0) is 16.1 Å². The van der Waals surface area contributed by atoms with E-state index >= 15 is 0 Å². The van der Waals surface area contributed by atoms with Gasteiger partial charge in [0.25, 0.3) is 0 Å². The average Bonchev–Trinajstić information content (AvgIpc) is 3.42. The molecular weight excluding hydrogens is 354 g/mol. The maximum absolute atomic E-state index is 12.8. The molecule has 4 rings (SSSR count). The van der Waals surface area contributed by atoms with Gasteiger partial charge in [-0.1, -0.05) is 25.1 Å². The van der Waals surface area contributed by atoms with Gasteiger partial charge in [-0.2, -0.15) is 0 Å². The standard InChI is InChI=1S/C22H29N3O3/c1-2-7-21(26)17-12-25(19-9-4-3-8-16(17)19)13-22(27)23-18-14-28-15-20(18)24-10-5-6-11-24/h3-4,8-9,12,18,20H,2,5-7,10-11,13-15H2,1H3,(H,23,27)/t18-,20-/m0/s1. The number of para-hydroxylation sites is 1. The molecule has 0 unspecified atom stereocenters. The normalized spacial score (nSPS) is 22.8. The number of ether oxygens (including phenoxy) is 1. The van der Waals surface area contributed by atoms with Crippen molar-refractivity contribution in [2.45, 2.75) is 51.2 Å². The van der Waals surface area contributed by atoms with E-state index in [1.54, 1.807) is 0 Å². The summed E-state index contributed by atoms with van der Waals surface area (Å²) >= 11 is 0. The summed E-state index contributed by atoms with van der Waals surface area (Å²) in [6.07, 6.45) is 5.63. The number of Topliss-reactive ketones (excluding diaryl/α,β-unsaturated/α-hetero) is 1. The molecule has 2 fully saturated rings. The maximum Gasteiger partial charge on any atom is 0.240 e. The van der Waals surface area contributed by atoms with Crippen LogP contribution < -0.4 is 5.32 Å². The van der Waals surface area contributed by atoms with Gasteiger partial charge in [-0.25, -0.2) is 0 Å². The number of likely N-dealkylation sites (tertiary alicyclic amines) is 1. The van der Waals surface area contributed by atoms with Crippen LogP contribution in [0.4, 0.5) is 0 Å². The summed E-state index contributed by atoms with van der Waals surface area (Å²) < 4.78 is 7.56. The molecule has 6 heteroatoms. The van der Waals surface area contributed by atoms with E-state index in [1.165, 1.54) is 12.8 Å². The van der Waals surface area contributed by atoms with Gasteiger partial charge in [0.05, 0.1) is 25.3 Å². The zero-order valence-corrected chi connectivity index (χ0v) is 16.5. The topological polar surface area (TPSA) is 63.6 Å². The van der Waals surface area contributed by atoms with Crippen molar-refractivity contribution in [2.24, 2.45) is 0 Å². The van der Waals surface area contributed by atoms with Crippen molar-refractivity contribution in [3.63, 3.8) is 0 Å². The van der Waals surface area contributed by atoms with Gasteiger partial charge in [-0.15, -0.1) is 0 Å². The Kier molecular flexibility index (Phi) is 5.78. The summed E-state index contributed by atoms with van der Waals surface area (Å²) in [5, 5.41) is 4.10. The van der Waals surface area contributed by atoms with Crippen LogP contribution in [-0.4, -0.2) is 59.5 Å². The summed E-state index contributed by atoms with van der Waals surface area (Å²) in [7, 11) is 0. The van der Waals surface area contributed by atoms with Crippen LogP contribution in [0.2, 0.25) is 0 Å². The average molecular weight is 383 g/mol. The quantitative estimate of drug-likeness (QED) is 0.747. The van der Waals surface area contributed by atoms with Gasteiger partial charge in [0, 0.05) is 29.1 Å². The molecule has 2 saturated heterocycles. The van der Waals surface area contributed by atoms with Crippen molar-refractivity contribution in [3.8, 4) is 0 Å². The van der Waals surface area contributed by atoms with E-state index in [0.29, 0.717) is 25.2 Å². The molecule has 0 saturated carbocycles. The zero-order valence-electron chi connectivity index (χ0n) is 16.5. The van der Waals surface area contributed by atoms with Crippen LogP contribution >= 0.6 is 0 Å². The number of amides is 1. The number of nitrogens with zero attached hydrogens (tertiary/aromatic N) is 2. The van der Waals surface area contributed by atoms with Crippen molar-refractivity contribution >= 4 is 22.6 Å². The zero-order chi connectivity index (χ0) is 19.5. The largest absolute Gasteiger partial charge is 0.378 e. The number of carbonyl (C=O) groups is 2. The minimum Gasteiger partial charge on any atom is -0.378 e. The highest BCUT2D eigenvalue weighted by Crippen LogP contribution is 2.23. The van der Waals surface area contributed by atoms with Crippen LogP contribution in [0.15, 0.2) is 30.5 Å². The molecule has 2 atom stereocenters. The predicted octanol–water partition coefficient (Wildman–Crippen LogP) is 2.60. The third-order valence-corrected chi connectivity index (χ3v) is 5.89. The second kappa shape index (κ2) is 8.45.